The Morgan fingerprint density at radius 2 is 2.16 bits per heavy atom. The third-order valence-corrected chi connectivity index (χ3v) is 3.91. The van der Waals surface area contributed by atoms with E-state index < -0.39 is 0 Å². The number of nitrogens with one attached hydrogen (secondary N) is 1. The molecular formula is C14H16N2O2S. The number of aromatic nitrogens is 1. The lowest BCUT2D eigenvalue weighted by molar-refractivity contribution is 0.0939. The van der Waals surface area contributed by atoms with Crippen LogP contribution in [-0.2, 0) is 0 Å². The summed E-state index contributed by atoms with van der Waals surface area (Å²) in [5, 5.41) is 13.2. The van der Waals surface area contributed by atoms with Crippen molar-refractivity contribution in [3.05, 3.63) is 45.4 Å². The lowest BCUT2D eigenvalue weighted by Gasteiger charge is -2.11. The first kappa shape index (κ1) is 13.5. The summed E-state index contributed by atoms with van der Waals surface area (Å²) >= 11 is 1.57. The largest absolute Gasteiger partial charge is 0.508 e. The zero-order valence-corrected chi connectivity index (χ0v) is 11.9. The molecule has 0 spiro atoms. The molecule has 19 heavy (non-hydrogen) atoms. The van der Waals surface area contributed by atoms with Crippen molar-refractivity contribution in [2.45, 2.75) is 26.8 Å². The fraction of sp³-hybridized carbons (Fsp3) is 0.286. The van der Waals surface area contributed by atoms with Crippen molar-refractivity contribution in [2.75, 3.05) is 0 Å². The van der Waals surface area contributed by atoms with Gasteiger partial charge in [-0.15, -0.1) is 11.3 Å². The molecule has 2 aromatic rings. The molecule has 4 nitrogen and oxygen atoms in total. The molecule has 0 radical (unpaired) electrons. The fourth-order valence-corrected chi connectivity index (χ4v) is 2.49. The first-order chi connectivity index (χ1) is 8.97. The summed E-state index contributed by atoms with van der Waals surface area (Å²) in [6.45, 7) is 5.65. The summed E-state index contributed by atoms with van der Waals surface area (Å²) in [5.41, 5.74) is 1.22. The summed E-state index contributed by atoms with van der Waals surface area (Å²) in [4.78, 5) is 17.5. The van der Waals surface area contributed by atoms with E-state index in [4.69, 9.17) is 0 Å². The molecule has 1 aromatic heterocycles. The number of phenolic OH excluding ortho intramolecular Hbond substituents is 1. The highest BCUT2D eigenvalue weighted by atomic mass is 32.1. The number of aromatic hydroxyl groups is 1. The standard InChI is InChI=1S/C14H16N2O2S/c1-8-6-11(4-5-12(8)17)13(18)16-10(3)14-15-7-9(2)19-14/h4-7,10,17H,1-3H3,(H,16,18). The molecule has 0 saturated carbocycles. The predicted molar refractivity (Wildman–Crippen MR) is 75.6 cm³/mol. The van der Waals surface area contributed by atoms with E-state index in [-0.39, 0.29) is 17.7 Å². The van der Waals surface area contributed by atoms with Crippen LogP contribution < -0.4 is 5.32 Å². The molecule has 1 amide bonds. The first-order valence-electron chi connectivity index (χ1n) is 6.00. The second-order valence-electron chi connectivity index (χ2n) is 4.51. The molecule has 1 unspecified atom stereocenters. The second-order valence-corrected chi connectivity index (χ2v) is 5.77. The molecule has 0 bridgehead atoms. The van der Waals surface area contributed by atoms with Crippen molar-refractivity contribution in [3.8, 4) is 5.75 Å². The SMILES string of the molecule is Cc1cnc(C(C)NC(=O)c2ccc(O)c(C)c2)s1. The first-order valence-corrected chi connectivity index (χ1v) is 6.82. The van der Waals surface area contributed by atoms with Crippen LogP contribution in [-0.4, -0.2) is 16.0 Å². The molecule has 5 heteroatoms. The third kappa shape index (κ3) is 3.12. The molecular weight excluding hydrogens is 260 g/mol. The van der Waals surface area contributed by atoms with E-state index in [0.29, 0.717) is 11.1 Å². The van der Waals surface area contributed by atoms with Gasteiger partial charge in [0.2, 0.25) is 0 Å². The number of hydrogen-bond acceptors (Lipinski definition) is 4. The number of carbonyl (C=O) groups excluding carboxylic acids is 1. The van der Waals surface area contributed by atoms with E-state index in [1.807, 2.05) is 13.8 Å². The highest BCUT2D eigenvalue weighted by Crippen LogP contribution is 2.20. The highest BCUT2D eigenvalue weighted by Gasteiger charge is 2.14. The quantitative estimate of drug-likeness (QED) is 0.906. The van der Waals surface area contributed by atoms with E-state index in [0.717, 1.165) is 9.88 Å². The van der Waals surface area contributed by atoms with Gasteiger partial charge in [-0.2, -0.15) is 0 Å². The average Bonchev–Trinajstić information content (AvgIpc) is 2.79. The van der Waals surface area contributed by atoms with Crippen LogP contribution in [0, 0.1) is 13.8 Å². The predicted octanol–water partition coefficient (Wildman–Crippen LogP) is 2.96. The van der Waals surface area contributed by atoms with Crippen LogP contribution in [0.25, 0.3) is 0 Å². The van der Waals surface area contributed by atoms with E-state index in [9.17, 15) is 9.90 Å². The summed E-state index contributed by atoms with van der Waals surface area (Å²) in [5.74, 6) is 0.0311. The maximum atomic E-state index is 12.1. The number of nitrogens with zero attached hydrogens (tertiary/aromatic N) is 1. The van der Waals surface area contributed by atoms with Crippen molar-refractivity contribution >= 4 is 17.2 Å². The van der Waals surface area contributed by atoms with Crippen LogP contribution in [0.3, 0.4) is 0 Å². The van der Waals surface area contributed by atoms with Gasteiger partial charge < -0.3 is 10.4 Å². The molecule has 0 fully saturated rings. The highest BCUT2D eigenvalue weighted by molar-refractivity contribution is 7.11. The van der Waals surface area contributed by atoms with Gasteiger partial charge in [0.15, 0.2) is 0 Å². The van der Waals surface area contributed by atoms with Gasteiger partial charge >= 0.3 is 0 Å². The van der Waals surface area contributed by atoms with Crippen LogP contribution in [0.15, 0.2) is 24.4 Å². The van der Waals surface area contributed by atoms with Gasteiger partial charge in [-0.1, -0.05) is 0 Å². The minimum absolute atomic E-state index is 0.125. The maximum absolute atomic E-state index is 12.1. The number of aryl methyl sites for hydroxylation is 2. The van der Waals surface area contributed by atoms with Crippen molar-refractivity contribution in [1.29, 1.82) is 0 Å². The Morgan fingerprint density at radius 1 is 1.42 bits per heavy atom. The van der Waals surface area contributed by atoms with Gasteiger partial charge in [-0.05, 0) is 44.5 Å². The molecule has 2 N–H and O–H groups in total. The van der Waals surface area contributed by atoms with Gasteiger partial charge in [-0.25, -0.2) is 4.98 Å². The summed E-state index contributed by atoms with van der Waals surface area (Å²) in [6, 6.07) is 4.69. The topological polar surface area (TPSA) is 62.2 Å². The Balaban J connectivity index is 2.10. The molecule has 0 aliphatic carbocycles. The normalized spacial score (nSPS) is 12.2. The van der Waals surface area contributed by atoms with E-state index in [1.165, 1.54) is 6.07 Å². The number of phenols is 1. The Kier molecular flexibility index (Phi) is 3.85. The van der Waals surface area contributed by atoms with Gasteiger partial charge in [-0.3, -0.25) is 4.79 Å². The number of hydrogen-bond donors (Lipinski definition) is 2. The maximum Gasteiger partial charge on any atom is 0.251 e. The Morgan fingerprint density at radius 3 is 2.74 bits per heavy atom. The number of rotatable bonds is 3. The van der Waals surface area contributed by atoms with E-state index in [1.54, 1.807) is 36.6 Å². The molecule has 0 aliphatic rings. The lowest BCUT2D eigenvalue weighted by Crippen LogP contribution is -2.26. The van der Waals surface area contributed by atoms with Crippen molar-refractivity contribution in [3.63, 3.8) is 0 Å². The minimum atomic E-state index is -0.163. The van der Waals surface area contributed by atoms with Crippen LogP contribution in [0.1, 0.15) is 38.8 Å². The molecule has 0 saturated heterocycles. The monoisotopic (exact) mass is 276 g/mol. The van der Waals surface area contributed by atoms with Crippen LogP contribution >= 0.6 is 11.3 Å². The third-order valence-electron chi connectivity index (χ3n) is 2.82. The van der Waals surface area contributed by atoms with Gasteiger partial charge in [0.05, 0.1) is 6.04 Å². The Hall–Kier alpha value is -1.88. The molecule has 1 atom stereocenters. The van der Waals surface area contributed by atoms with Crippen molar-refractivity contribution in [1.82, 2.24) is 10.3 Å². The second kappa shape index (κ2) is 5.40. The van der Waals surface area contributed by atoms with Crippen LogP contribution in [0.2, 0.25) is 0 Å². The number of thiazole rings is 1. The Labute approximate surface area is 116 Å². The molecule has 100 valence electrons. The van der Waals surface area contributed by atoms with Crippen LogP contribution in [0.4, 0.5) is 0 Å². The molecule has 1 heterocycles. The zero-order chi connectivity index (χ0) is 14.0. The zero-order valence-electron chi connectivity index (χ0n) is 11.1. The lowest BCUT2D eigenvalue weighted by atomic mass is 10.1. The molecule has 2 rings (SSSR count). The van der Waals surface area contributed by atoms with E-state index in [2.05, 4.69) is 10.3 Å². The minimum Gasteiger partial charge on any atom is -0.508 e. The summed E-state index contributed by atoms with van der Waals surface area (Å²) in [6.07, 6.45) is 1.80. The molecule has 0 aliphatic heterocycles. The van der Waals surface area contributed by atoms with Crippen LogP contribution in [0.5, 0.6) is 5.75 Å². The average molecular weight is 276 g/mol. The van der Waals surface area contributed by atoms with Gasteiger partial charge in [0.1, 0.15) is 10.8 Å². The number of benzene rings is 1. The summed E-state index contributed by atoms with van der Waals surface area (Å²) in [7, 11) is 0. The number of amides is 1. The number of carbonyl (C=O) groups is 1. The van der Waals surface area contributed by atoms with Crippen molar-refractivity contribution < 1.29 is 9.90 Å². The smallest absolute Gasteiger partial charge is 0.251 e. The van der Waals surface area contributed by atoms with Gasteiger partial charge in [0.25, 0.3) is 5.91 Å². The molecule has 1 aromatic carbocycles. The van der Waals surface area contributed by atoms with Gasteiger partial charge in [0, 0.05) is 16.6 Å². The fourth-order valence-electron chi connectivity index (χ4n) is 1.71. The summed E-state index contributed by atoms with van der Waals surface area (Å²) < 4.78 is 0. The van der Waals surface area contributed by atoms with E-state index >= 15 is 0 Å². The Bertz CT molecular complexity index is 607. The van der Waals surface area contributed by atoms with Crippen molar-refractivity contribution in [2.24, 2.45) is 0 Å².